The highest BCUT2D eigenvalue weighted by Gasteiger charge is 2.26. The summed E-state index contributed by atoms with van der Waals surface area (Å²) in [5.41, 5.74) is 1.42. The minimum atomic E-state index is -0.530. The molecule has 1 aromatic heterocycles. The maximum Gasteiger partial charge on any atom is 0.145 e. The lowest BCUT2D eigenvalue weighted by Crippen LogP contribution is -2.19. The van der Waals surface area contributed by atoms with Gasteiger partial charge in [0.15, 0.2) is 0 Å². The van der Waals surface area contributed by atoms with Gasteiger partial charge in [-0.15, -0.1) is 11.3 Å². The Hall–Kier alpha value is -0.780. The predicted molar refractivity (Wildman–Crippen MR) is 81.3 cm³/mol. The molecule has 0 bridgehead atoms. The number of hydrogen-bond donors (Lipinski definition) is 1. The normalized spacial score (nSPS) is 15.4. The van der Waals surface area contributed by atoms with Crippen molar-refractivity contribution in [1.29, 1.82) is 0 Å². The maximum atomic E-state index is 14.3. The van der Waals surface area contributed by atoms with Crippen LogP contribution in [0.25, 0.3) is 0 Å². The van der Waals surface area contributed by atoms with Crippen molar-refractivity contribution >= 4 is 27.3 Å². The first-order valence-electron chi connectivity index (χ1n) is 6.54. The van der Waals surface area contributed by atoms with E-state index in [0.717, 1.165) is 17.7 Å². The van der Waals surface area contributed by atoms with Crippen LogP contribution in [0.2, 0.25) is 0 Å². The number of hydrogen-bond acceptors (Lipinski definition) is 2. The molecule has 1 aliphatic rings. The Morgan fingerprint density at radius 3 is 2.80 bits per heavy atom. The van der Waals surface area contributed by atoms with Gasteiger partial charge in [0.25, 0.3) is 0 Å². The van der Waals surface area contributed by atoms with Crippen molar-refractivity contribution in [3.8, 4) is 0 Å². The molecular weight excluding hydrogens is 344 g/mol. The Kier molecular flexibility index (Phi) is 3.93. The lowest BCUT2D eigenvalue weighted by molar-refractivity contribution is 0.521. The van der Waals surface area contributed by atoms with Crippen molar-refractivity contribution in [2.24, 2.45) is 0 Å². The average Bonchev–Trinajstić information content (AvgIpc) is 3.00. The molecule has 1 unspecified atom stereocenters. The first-order chi connectivity index (χ1) is 9.61. The van der Waals surface area contributed by atoms with Crippen molar-refractivity contribution < 1.29 is 8.78 Å². The van der Waals surface area contributed by atoms with Crippen LogP contribution in [0.5, 0.6) is 0 Å². The third-order valence-electron chi connectivity index (χ3n) is 3.71. The van der Waals surface area contributed by atoms with Gasteiger partial charge in [-0.1, -0.05) is 0 Å². The van der Waals surface area contributed by atoms with Gasteiger partial charge in [0.1, 0.15) is 11.6 Å². The molecule has 0 aliphatic heterocycles. The van der Waals surface area contributed by atoms with Crippen LogP contribution < -0.4 is 5.32 Å². The summed E-state index contributed by atoms with van der Waals surface area (Å²) in [6, 6.07) is 4.35. The first kappa shape index (κ1) is 14.2. The molecule has 106 valence electrons. The van der Waals surface area contributed by atoms with Gasteiger partial charge in [-0.05, 0) is 66.0 Å². The van der Waals surface area contributed by atoms with Crippen LogP contribution >= 0.6 is 27.3 Å². The average molecular weight is 358 g/mol. The highest BCUT2D eigenvalue weighted by molar-refractivity contribution is 9.10. The van der Waals surface area contributed by atoms with E-state index >= 15 is 0 Å². The Labute approximate surface area is 129 Å². The van der Waals surface area contributed by atoms with Crippen LogP contribution in [0, 0.1) is 11.6 Å². The highest BCUT2D eigenvalue weighted by Crippen LogP contribution is 2.38. The van der Waals surface area contributed by atoms with Crippen molar-refractivity contribution in [2.75, 3.05) is 7.05 Å². The van der Waals surface area contributed by atoms with E-state index in [1.54, 1.807) is 18.4 Å². The minimum absolute atomic E-state index is 0.0850. The van der Waals surface area contributed by atoms with Gasteiger partial charge in [-0.3, -0.25) is 0 Å². The number of benzene rings is 1. The van der Waals surface area contributed by atoms with Gasteiger partial charge in [-0.2, -0.15) is 0 Å². The van der Waals surface area contributed by atoms with Crippen LogP contribution in [0.3, 0.4) is 0 Å². The van der Waals surface area contributed by atoms with E-state index in [0.29, 0.717) is 4.47 Å². The number of nitrogens with one attached hydrogen (secondary N) is 1. The summed E-state index contributed by atoms with van der Waals surface area (Å²) in [7, 11) is 1.73. The minimum Gasteiger partial charge on any atom is -0.308 e. The lowest BCUT2D eigenvalue weighted by atomic mass is 10.0. The second kappa shape index (κ2) is 5.54. The van der Waals surface area contributed by atoms with E-state index in [-0.39, 0.29) is 5.56 Å². The zero-order valence-corrected chi connectivity index (χ0v) is 13.4. The van der Waals surface area contributed by atoms with Crippen LogP contribution in [-0.2, 0) is 12.8 Å². The van der Waals surface area contributed by atoms with Gasteiger partial charge in [0.05, 0.1) is 10.5 Å². The number of thiophene rings is 1. The predicted octanol–water partition coefficient (Wildman–Crippen LogP) is 4.59. The standard InChI is InChI=1S/C15H14BrF2NS/c1-19-15(12-7-8-3-2-4-11(8)20-12)13-10(17)6-5-9(16)14(13)18/h5-7,15,19H,2-4H2,1H3. The quantitative estimate of drug-likeness (QED) is 0.792. The van der Waals surface area contributed by atoms with E-state index in [1.165, 1.54) is 29.0 Å². The fourth-order valence-electron chi connectivity index (χ4n) is 2.73. The van der Waals surface area contributed by atoms with Gasteiger partial charge >= 0.3 is 0 Å². The SMILES string of the molecule is CNC(c1cc2c(s1)CCC2)c1c(F)ccc(Br)c1F. The van der Waals surface area contributed by atoms with Crippen LogP contribution in [0.4, 0.5) is 8.78 Å². The van der Waals surface area contributed by atoms with E-state index < -0.39 is 17.7 Å². The van der Waals surface area contributed by atoms with Crippen LogP contribution in [-0.4, -0.2) is 7.05 Å². The van der Waals surface area contributed by atoms with E-state index in [2.05, 4.69) is 27.3 Å². The molecule has 1 aliphatic carbocycles. The van der Waals surface area contributed by atoms with Gasteiger partial charge in [-0.25, -0.2) is 8.78 Å². The molecule has 1 nitrogen and oxygen atoms in total. The lowest BCUT2D eigenvalue weighted by Gasteiger charge is -2.17. The van der Waals surface area contributed by atoms with Gasteiger partial charge in [0, 0.05) is 15.3 Å². The van der Waals surface area contributed by atoms with E-state index in [1.807, 2.05) is 0 Å². The van der Waals surface area contributed by atoms with Crippen LogP contribution in [0.15, 0.2) is 22.7 Å². The molecule has 5 heteroatoms. The van der Waals surface area contributed by atoms with E-state index in [4.69, 9.17) is 0 Å². The van der Waals surface area contributed by atoms with E-state index in [9.17, 15) is 8.78 Å². The summed E-state index contributed by atoms with van der Waals surface area (Å²) in [4.78, 5) is 2.34. The van der Waals surface area contributed by atoms with Crippen molar-refractivity contribution in [3.63, 3.8) is 0 Å². The molecular formula is C15H14BrF2NS. The van der Waals surface area contributed by atoms with Crippen LogP contribution in [0.1, 0.15) is 33.3 Å². The molecule has 20 heavy (non-hydrogen) atoms. The summed E-state index contributed by atoms with van der Waals surface area (Å²) in [6.45, 7) is 0. The molecule has 2 aromatic rings. The molecule has 1 atom stereocenters. The molecule has 3 rings (SSSR count). The largest absolute Gasteiger partial charge is 0.308 e. The fourth-order valence-corrected chi connectivity index (χ4v) is 4.45. The summed E-state index contributed by atoms with van der Waals surface area (Å²) in [6.07, 6.45) is 3.34. The van der Waals surface area contributed by atoms with Crippen molar-refractivity contribution in [2.45, 2.75) is 25.3 Å². The highest BCUT2D eigenvalue weighted by atomic mass is 79.9. The summed E-state index contributed by atoms with van der Waals surface area (Å²) < 4.78 is 28.6. The number of fused-ring (bicyclic) bond motifs is 1. The Morgan fingerprint density at radius 2 is 2.10 bits per heavy atom. The van der Waals surface area contributed by atoms with Gasteiger partial charge < -0.3 is 5.32 Å². The molecule has 1 aromatic carbocycles. The molecule has 1 heterocycles. The Balaban J connectivity index is 2.07. The third kappa shape index (κ3) is 2.32. The fraction of sp³-hybridized carbons (Fsp3) is 0.333. The summed E-state index contributed by atoms with van der Waals surface area (Å²) in [5, 5.41) is 3.04. The zero-order valence-electron chi connectivity index (χ0n) is 11.0. The second-order valence-electron chi connectivity index (χ2n) is 4.93. The molecule has 0 fully saturated rings. The second-order valence-corrected chi connectivity index (χ2v) is 6.95. The smallest absolute Gasteiger partial charge is 0.145 e. The van der Waals surface area contributed by atoms with Crippen molar-refractivity contribution in [1.82, 2.24) is 5.32 Å². The summed E-state index contributed by atoms with van der Waals surface area (Å²) >= 11 is 4.79. The first-order valence-corrected chi connectivity index (χ1v) is 8.15. The Morgan fingerprint density at radius 1 is 1.30 bits per heavy atom. The zero-order chi connectivity index (χ0) is 14.3. The Bertz CT molecular complexity index is 632. The molecule has 0 radical (unpaired) electrons. The monoisotopic (exact) mass is 357 g/mol. The number of rotatable bonds is 3. The third-order valence-corrected chi connectivity index (χ3v) is 5.62. The molecule has 0 spiro atoms. The van der Waals surface area contributed by atoms with Crippen molar-refractivity contribution in [3.05, 3.63) is 55.2 Å². The maximum absolute atomic E-state index is 14.3. The van der Waals surface area contributed by atoms with Gasteiger partial charge in [0.2, 0.25) is 0 Å². The molecule has 0 amide bonds. The number of halogens is 3. The molecule has 0 saturated carbocycles. The number of aryl methyl sites for hydroxylation is 2. The molecule has 1 N–H and O–H groups in total. The topological polar surface area (TPSA) is 12.0 Å². The summed E-state index contributed by atoms with van der Waals surface area (Å²) in [5.74, 6) is -1.04. The molecule has 0 saturated heterocycles.